The van der Waals surface area contributed by atoms with Crippen molar-refractivity contribution in [1.29, 1.82) is 0 Å². The topological polar surface area (TPSA) is 158 Å². The van der Waals surface area contributed by atoms with Gasteiger partial charge >= 0.3 is 19.4 Å². The summed E-state index contributed by atoms with van der Waals surface area (Å²) < 4.78 is 38.3. The Labute approximate surface area is 221 Å². The molecule has 0 radical (unpaired) electrons. The monoisotopic (exact) mass is 567 g/mol. The van der Waals surface area contributed by atoms with Crippen LogP contribution < -0.4 is 20.9 Å². The lowest BCUT2D eigenvalue weighted by molar-refractivity contribution is -0.138. The Morgan fingerprint density at radius 2 is 1.89 bits per heavy atom. The van der Waals surface area contributed by atoms with Crippen LogP contribution in [0.4, 0.5) is 0 Å². The summed E-state index contributed by atoms with van der Waals surface area (Å²) in [4.78, 5) is 37.8. The molecule has 0 saturated carbocycles. The lowest BCUT2D eigenvalue weighted by atomic mass is 10.2. The second kappa shape index (κ2) is 11.4. The molecule has 0 unspecified atom stereocenters. The Morgan fingerprint density at radius 3 is 2.47 bits per heavy atom. The third-order valence-corrected chi connectivity index (χ3v) is 12.4. The normalized spacial score (nSPS) is 20.2. The van der Waals surface area contributed by atoms with Crippen molar-refractivity contribution in [3.63, 3.8) is 0 Å². The molecule has 3 N–H and O–H groups in total. The first-order valence-corrected chi connectivity index (χ1v) is 16.4. The Balaban J connectivity index is 1.88. The molecule has 1 aromatic heterocycles. The minimum absolute atomic E-state index is 0.156. The van der Waals surface area contributed by atoms with Crippen molar-refractivity contribution < 1.29 is 32.7 Å². The molecule has 0 amide bonds. The quantitative estimate of drug-likeness (QED) is 0.271. The van der Waals surface area contributed by atoms with Gasteiger partial charge in [-0.2, -0.15) is 5.09 Å². The smallest absolute Gasteiger partial charge is 0.459 e. The molecule has 4 atom stereocenters. The Morgan fingerprint density at radius 1 is 1.24 bits per heavy atom. The molecule has 14 heteroatoms. The fourth-order valence-corrected chi connectivity index (χ4v) is 5.89. The fraction of sp³-hybridized carbons (Fsp3) is 0.458. The van der Waals surface area contributed by atoms with Crippen molar-refractivity contribution in [3.05, 3.63) is 75.3 Å². The first-order valence-electron chi connectivity index (χ1n) is 12.0. The molecule has 1 aromatic carbocycles. The van der Waals surface area contributed by atoms with Crippen LogP contribution in [0, 0.1) is 0 Å². The number of nitrogens with one attached hydrogen (secondary N) is 2. The number of benzene rings is 1. The highest BCUT2D eigenvalue weighted by Gasteiger charge is 2.44. The summed E-state index contributed by atoms with van der Waals surface area (Å²) in [6, 6.07) is 8.12. The molecule has 0 fully saturated rings. The van der Waals surface area contributed by atoms with Gasteiger partial charge in [0.15, 0.2) is 8.32 Å². The number of aromatic nitrogens is 2. The molecule has 12 nitrogen and oxygen atoms in total. The van der Waals surface area contributed by atoms with Crippen molar-refractivity contribution in [2.24, 2.45) is 0 Å². The third-order valence-electron chi connectivity index (χ3n) is 6.33. The number of aromatic amines is 1. The van der Waals surface area contributed by atoms with Crippen molar-refractivity contribution in [2.45, 2.75) is 64.2 Å². The largest absolute Gasteiger partial charge is 0.480 e. The molecule has 1 aliphatic rings. The van der Waals surface area contributed by atoms with E-state index < -0.39 is 51.7 Å². The van der Waals surface area contributed by atoms with Crippen LogP contribution in [0.2, 0.25) is 18.1 Å². The number of hydrogen-bond acceptors (Lipinski definition) is 8. The zero-order chi connectivity index (χ0) is 28.3. The van der Waals surface area contributed by atoms with Gasteiger partial charge < -0.3 is 18.8 Å². The predicted molar refractivity (Wildman–Crippen MR) is 142 cm³/mol. The van der Waals surface area contributed by atoms with Crippen molar-refractivity contribution in [1.82, 2.24) is 14.6 Å². The number of aliphatic carboxylic acids is 1. The lowest BCUT2D eigenvalue weighted by Gasteiger charge is -2.39. The SMILES string of the molecule is C[C@H](N[P@](=O)(OCC1=C[C@@H](O[Si](C)(C)C(C)(C)C)[C@H](n2ccc(=O)[nH]c2=O)O1)Oc1ccccc1)C(=O)O. The summed E-state index contributed by atoms with van der Waals surface area (Å²) in [6.45, 7) is 11.2. The van der Waals surface area contributed by atoms with Crippen LogP contribution >= 0.6 is 7.75 Å². The second-order valence-corrected chi connectivity index (χ2v) is 16.8. The molecule has 208 valence electrons. The summed E-state index contributed by atoms with van der Waals surface area (Å²) >= 11 is 0. The number of para-hydroxylation sites is 1. The average molecular weight is 568 g/mol. The maximum absolute atomic E-state index is 13.5. The van der Waals surface area contributed by atoms with Crippen molar-refractivity contribution in [3.8, 4) is 5.75 Å². The minimum atomic E-state index is -4.20. The summed E-state index contributed by atoms with van der Waals surface area (Å²) in [5.41, 5.74) is -1.24. The van der Waals surface area contributed by atoms with E-state index in [9.17, 15) is 24.1 Å². The van der Waals surface area contributed by atoms with Gasteiger partial charge in [0.05, 0.1) is 0 Å². The molecule has 2 heterocycles. The van der Waals surface area contributed by atoms with Gasteiger partial charge in [-0.05, 0) is 43.3 Å². The van der Waals surface area contributed by atoms with Crippen molar-refractivity contribution in [2.75, 3.05) is 6.61 Å². The van der Waals surface area contributed by atoms with E-state index in [1.165, 1.54) is 23.8 Å². The zero-order valence-electron chi connectivity index (χ0n) is 22.2. The number of carboxylic acid groups (broad SMARTS) is 1. The molecule has 2 aromatic rings. The van der Waals surface area contributed by atoms with Crippen LogP contribution in [0.15, 0.2) is 64.0 Å². The highest BCUT2D eigenvalue weighted by molar-refractivity contribution is 7.52. The predicted octanol–water partition coefficient (Wildman–Crippen LogP) is 3.61. The number of carboxylic acids is 1. The number of nitrogens with zero attached hydrogens (tertiary/aromatic N) is 1. The fourth-order valence-electron chi connectivity index (χ4n) is 3.21. The van der Waals surface area contributed by atoms with Crippen LogP contribution in [-0.2, 0) is 23.0 Å². The van der Waals surface area contributed by atoms with Crippen LogP contribution in [0.25, 0.3) is 0 Å². The van der Waals surface area contributed by atoms with E-state index in [1.54, 1.807) is 36.4 Å². The van der Waals surface area contributed by atoms with Crippen LogP contribution in [-0.4, -0.2) is 47.7 Å². The maximum atomic E-state index is 13.5. The highest BCUT2D eigenvalue weighted by atomic mass is 31.2. The standard InChI is InChI=1S/C24H34N3O9PSi/c1-16(22(29)30)26-37(32,35-17-10-8-7-9-11-17)33-15-18-14-19(36-38(5,6)24(2,3)4)21(34-18)27-13-12-20(28)25-23(27)31/h7-14,16,19,21H,15H2,1-6H3,(H,26,32)(H,29,30)(H,25,28,31)/t16-,19+,21+,37-/m0/s1. The van der Waals surface area contributed by atoms with E-state index in [1.807, 2.05) is 13.1 Å². The summed E-state index contributed by atoms with van der Waals surface area (Å²) in [5, 5.41) is 11.6. The lowest BCUT2D eigenvalue weighted by Crippen LogP contribution is -2.46. The third kappa shape index (κ3) is 7.33. The number of carbonyl (C=O) groups is 1. The summed E-state index contributed by atoms with van der Waals surface area (Å²) in [5.74, 6) is -0.848. The number of hydrogen-bond donors (Lipinski definition) is 3. The van der Waals surface area contributed by atoms with E-state index in [0.717, 1.165) is 0 Å². The Bertz CT molecular complexity index is 1330. The molecule has 0 aliphatic carbocycles. The minimum Gasteiger partial charge on any atom is -0.480 e. The zero-order valence-corrected chi connectivity index (χ0v) is 24.1. The van der Waals surface area contributed by atoms with E-state index in [4.69, 9.17) is 18.2 Å². The van der Waals surface area contributed by atoms with Crippen LogP contribution in [0.1, 0.15) is 33.9 Å². The molecule has 0 saturated heterocycles. The van der Waals surface area contributed by atoms with Gasteiger partial charge in [0.1, 0.15) is 30.3 Å². The number of H-pyrrole nitrogens is 1. The van der Waals surface area contributed by atoms with Gasteiger partial charge in [-0.1, -0.05) is 39.0 Å². The highest BCUT2D eigenvalue weighted by Crippen LogP contribution is 2.46. The van der Waals surface area contributed by atoms with E-state index >= 15 is 0 Å². The molecule has 0 spiro atoms. The van der Waals surface area contributed by atoms with Gasteiger partial charge in [0, 0.05) is 12.3 Å². The summed E-state index contributed by atoms with van der Waals surface area (Å²) in [7, 11) is -6.56. The van der Waals surface area contributed by atoms with Crippen LogP contribution in [0.5, 0.6) is 5.75 Å². The van der Waals surface area contributed by atoms with Gasteiger partial charge in [-0.25, -0.2) is 9.36 Å². The summed E-state index contributed by atoms with van der Waals surface area (Å²) in [6.07, 6.45) is 1.24. The molecular weight excluding hydrogens is 533 g/mol. The molecule has 38 heavy (non-hydrogen) atoms. The Hall–Kier alpha value is -2.96. The first kappa shape index (κ1) is 29.6. The molecular formula is C24H34N3O9PSi. The molecule has 3 rings (SSSR count). The number of rotatable bonds is 11. The van der Waals surface area contributed by atoms with Gasteiger partial charge in [-0.3, -0.25) is 23.7 Å². The second-order valence-electron chi connectivity index (χ2n) is 10.4. The maximum Gasteiger partial charge on any atom is 0.459 e. The van der Waals surface area contributed by atoms with E-state index in [-0.39, 0.29) is 23.2 Å². The van der Waals surface area contributed by atoms with Crippen molar-refractivity contribution >= 4 is 22.0 Å². The van der Waals surface area contributed by atoms with Gasteiger partial charge in [-0.15, -0.1) is 0 Å². The van der Waals surface area contributed by atoms with Gasteiger partial charge in [0.25, 0.3) is 5.56 Å². The molecule has 0 bridgehead atoms. The number of ether oxygens (including phenoxy) is 1. The van der Waals surface area contributed by atoms with Crippen LogP contribution in [0.3, 0.4) is 0 Å². The van der Waals surface area contributed by atoms with E-state index in [0.29, 0.717) is 0 Å². The molecule has 1 aliphatic heterocycles. The average Bonchev–Trinajstić information content (AvgIpc) is 3.19. The Kier molecular flexibility index (Phi) is 8.89. The van der Waals surface area contributed by atoms with E-state index in [2.05, 4.69) is 30.8 Å². The first-order chi connectivity index (χ1) is 17.6. The van der Waals surface area contributed by atoms with Gasteiger partial charge in [0.2, 0.25) is 6.23 Å².